The number of ether oxygens (including phenoxy) is 3. The van der Waals surface area contributed by atoms with Crippen molar-refractivity contribution in [1.29, 1.82) is 5.26 Å². The highest BCUT2D eigenvalue weighted by atomic mass is 16.5. The second kappa shape index (κ2) is 5.91. The van der Waals surface area contributed by atoms with Crippen LogP contribution in [0.5, 0.6) is 5.75 Å². The van der Waals surface area contributed by atoms with Crippen molar-refractivity contribution in [2.75, 3.05) is 39.3 Å². The average molecular weight is 262 g/mol. The third-order valence-corrected chi connectivity index (χ3v) is 3.49. The first-order valence-electron chi connectivity index (χ1n) is 6.12. The minimum Gasteiger partial charge on any atom is -0.497 e. The molecule has 5 heteroatoms. The molecular weight excluding hydrogens is 244 g/mol. The van der Waals surface area contributed by atoms with E-state index in [9.17, 15) is 5.26 Å². The van der Waals surface area contributed by atoms with Gasteiger partial charge in [-0.25, -0.2) is 0 Å². The number of nitriles is 1. The Balaban J connectivity index is 2.29. The fourth-order valence-corrected chi connectivity index (χ4v) is 2.39. The summed E-state index contributed by atoms with van der Waals surface area (Å²) in [7, 11) is 4.97. The maximum Gasteiger partial charge on any atom is 0.121 e. The van der Waals surface area contributed by atoms with Crippen molar-refractivity contribution in [3.63, 3.8) is 0 Å². The van der Waals surface area contributed by atoms with Gasteiger partial charge >= 0.3 is 0 Å². The molecule has 1 aromatic carbocycles. The Labute approximate surface area is 113 Å². The van der Waals surface area contributed by atoms with Crippen LogP contribution in [-0.4, -0.2) is 46.6 Å². The quantitative estimate of drug-likeness (QED) is 0.821. The summed E-state index contributed by atoms with van der Waals surface area (Å²) in [5.74, 6) is 0.740. The lowest BCUT2D eigenvalue weighted by Crippen LogP contribution is -2.27. The summed E-state index contributed by atoms with van der Waals surface area (Å²) in [6.07, 6.45) is 0.0329. The molecule has 0 aliphatic carbocycles. The number of rotatable bonds is 4. The van der Waals surface area contributed by atoms with E-state index in [1.54, 1.807) is 33.5 Å². The number of methoxy groups -OCH3 is 3. The number of hydrogen-bond acceptors (Lipinski definition) is 5. The van der Waals surface area contributed by atoms with Gasteiger partial charge < -0.3 is 19.1 Å². The van der Waals surface area contributed by atoms with Gasteiger partial charge in [-0.05, 0) is 12.1 Å². The lowest BCUT2D eigenvalue weighted by atomic mass is 10.1. The number of hydrogen-bond donors (Lipinski definition) is 0. The maximum absolute atomic E-state index is 9.21. The van der Waals surface area contributed by atoms with Gasteiger partial charge in [0.2, 0.25) is 0 Å². The molecule has 0 N–H and O–H groups in total. The largest absolute Gasteiger partial charge is 0.497 e. The van der Waals surface area contributed by atoms with E-state index in [-0.39, 0.29) is 12.2 Å². The standard InChI is InChI=1S/C14H18N2O3/c1-17-11-5-4-10(7-15)12(6-11)16-8-13(18-2)14(9-16)19-3/h4-6,13-14H,8-9H2,1-3H3. The molecule has 0 aromatic heterocycles. The van der Waals surface area contributed by atoms with Gasteiger partial charge in [0.15, 0.2) is 0 Å². The van der Waals surface area contributed by atoms with Gasteiger partial charge in [-0.15, -0.1) is 0 Å². The van der Waals surface area contributed by atoms with Crippen LogP contribution in [0.25, 0.3) is 0 Å². The van der Waals surface area contributed by atoms with Crippen LogP contribution in [-0.2, 0) is 9.47 Å². The molecule has 0 saturated carbocycles. The molecule has 1 heterocycles. The minimum atomic E-state index is 0.0164. The van der Waals surface area contributed by atoms with Crippen LogP contribution < -0.4 is 9.64 Å². The van der Waals surface area contributed by atoms with Crippen molar-refractivity contribution in [2.24, 2.45) is 0 Å². The fourth-order valence-electron chi connectivity index (χ4n) is 2.39. The Morgan fingerprint density at radius 2 is 1.79 bits per heavy atom. The first-order valence-corrected chi connectivity index (χ1v) is 6.12. The zero-order valence-electron chi connectivity index (χ0n) is 11.4. The van der Waals surface area contributed by atoms with E-state index in [1.807, 2.05) is 6.07 Å². The molecule has 1 aromatic rings. The van der Waals surface area contributed by atoms with E-state index < -0.39 is 0 Å². The zero-order valence-corrected chi connectivity index (χ0v) is 11.4. The third-order valence-electron chi connectivity index (χ3n) is 3.49. The molecule has 2 rings (SSSR count). The molecule has 102 valence electrons. The van der Waals surface area contributed by atoms with E-state index in [0.29, 0.717) is 18.7 Å². The summed E-state index contributed by atoms with van der Waals surface area (Å²) in [5.41, 5.74) is 1.50. The van der Waals surface area contributed by atoms with Crippen LogP contribution in [0.2, 0.25) is 0 Å². The van der Waals surface area contributed by atoms with E-state index in [2.05, 4.69) is 11.0 Å². The molecule has 0 amide bonds. The predicted molar refractivity (Wildman–Crippen MR) is 71.5 cm³/mol. The van der Waals surface area contributed by atoms with Crippen LogP contribution in [0, 0.1) is 11.3 Å². The SMILES string of the molecule is COc1ccc(C#N)c(N2CC(OC)C(OC)C2)c1. The van der Waals surface area contributed by atoms with Gasteiger partial charge in [-0.1, -0.05) is 0 Å². The van der Waals surface area contributed by atoms with Crippen LogP contribution >= 0.6 is 0 Å². The van der Waals surface area contributed by atoms with Crippen molar-refractivity contribution in [1.82, 2.24) is 0 Å². The Bertz CT molecular complexity index is 472. The molecule has 1 aliphatic rings. The summed E-state index contributed by atoms with van der Waals surface area (Å²) in [4.78, 5) is 2.10. The first kappa shape index (κ1) is 13.7. The van der Waals surface area contributed by atoms with E-state index in [0.717, 1.165) is 11.4 Å². The van der Waals surface area contributed by atoms with Crippen LogP contribution in [0.1, 0.15) is 5.56 Å². The topological polar surface area (TPSA) is 54.7 Å². The summed E-state index contributed by atoms with van der Waals surface area (Å²) >= 11 is 0. The Morgan fingerprint density at radius 3 is 2.26 bits per heavy atom. The summed E-state index contributed by atoms with van der Waals surface area (Å²) in [6, 6.07) is 7.65. The lowest BCUT2D eigenvalue weighted by Gasteiger charge is -2.20. The number of benzene rings is 1. The van der Waals surface area contributed by atoms with Crippen molar-refractivity contribution in [3.05, 3.63) is 23.8 Å². The second-order valence-corrected chi connectivity index (χ2v) is 4.45. The predicted octanol–water partition coefficient (Wildman–Crippen LogP) is 1.42. The van der Waals surface area contributed by atoms with E-state index in [1.165, 1.54) is 0 Å². The minimum absolute atomic E-state index is 0.0164. The van der Waals surface area contributed by atoms with Crippen molar-refractivity contribution >= 4 is 5.69 Å². The average Bonchev–Trinajstić information content (AvgIpc) is 2.89. The monoisotopic (exact) mass is 262 g/mol. The van der Waals surface area contributed by atoms with Gasteiger partial charge in [0.25, 0.3) is 0 Å². The second-order valence-electron chi connectivity index (χ2n) is 4.45. The van der Waals surface area contributed by atoms with E-state index in [4.69, 9.17) is 14.2 Å². The molecule has 1 fully saturated rings. The van der Waals surface area contributed by atoms with Gasteiger partial charge in [0.1, 0.15) is 24.0 Å². The highest BCUT2D eigenvalue weighted by molar-refractivity contribution is 5.63. The Hall–Kier alpha value is -1.77. The van der Waals surface area contributed by atoms with Crippen LogP contribution in [0.15, 0.2) is 18.2 Å². The summed E-state index contributed by atoms with van der Waals surface area (Å²) < 4.78 is 16.1. The molecule has 5 nitrogen and oxygen atoms in total. The molecule has 1 aliphatic heterocycles. The van der Waals surface area contributed by atoms with Crippen molar-refractivity contribution < 1.29 is 14.2 Å². The fraction of sp³-hybridized carbons (Fsp3) is 0.500. The molecule has 1 saturated heterocycles. The highest BCUT2D eigenvalue weighted by Crippen LogP contribution is 2.29. The van der Waals surface area contributed by atoms with Gasteiger partial charge in [-0.2, -0.15) is 5.26 Å². The maximum atomic E-state index is 9.21. The summed E-state index contributed by atoms with van der Waals surface area (Å²) in [6.45, 7) is 1.41. The smallest absolute Gasteiger partial charge is 0.121 e. The Kier molecular flexibility index (Phi) is 4.25. The molecule has 2 unspecified atom stereocenters. The normalized spacial score (nSPS) is 22.3. The molecular formula is C14H18N2O3. The summed E-state index contributed by atoms with van der Waals surface area (Å²) in [5, 5.41) is 9.21. The molecule has 19 heavy (non-hydrogen) atoms. The molecule has 2 atom stereocenters. The van der Waals surface area contributed by atoms with E-state index >= 15 is 0 Å². The van der Waals surface area contributed by atoms with Gasteiger partial charge in [0.05, 0.1) is 18.4 Å². The van der Waals surface area contributed by atoms with Crippen molar-refractivity contribution in [3.8, 4) is 11.8 Å². The highest BCUT2D eigenvalue weighted by Gasteiger charge is 2.34. The molecule has 0 radical (unpaired) electrons. The van der Waals surface area contributed by atoms with Crippen molar-refractivity contribution in [2.45, 2.75) is 12.2 Å². The Morgan fingerprint density at radius 1 is 1.16 bits per heavy atom. The third kappa shape index (κ3) is 2.65. The van der Waals surface area contributed by atoms with Crippen LogP contribution in [0.4, 0.5) is 5.69 Å². The lowest BCUT2D eigenvalue weighted by molar-refractivity contribution is -0.00461. The van der Waals surface area contributed by atoms with Gasteiger partial charge in [0, 0.05) is 33.4 Å². The number of nitrogens with zero attached hydrogens (tertiary/aromatic N) is 2. The first-order chi connectivity index (χ1) is 9.23. The number of anilines is 1. The molecule has 0 spiro atoms. The molecule has 0 bridgehead atoms. The van der Waals surface area contributed by atoms with Gasteiger partial charge in [-0.3, -0.25) is 0 Å². The van der Waals surface area contributed by atoms with Crippen LogP contribution in [0.3, 0.4) is 0 Å². The zero-order chi connectivity index (χ0) is 13.8.